The molecule has 70 heavy (non-hydrogen) atoms. The van der Waals surface area contributed by atoms with Crippen molar-refractivity contribution in [2.45, 2.75) is 80.0 Å². The largest absolute Gasteiger partial charge is 0.308 e. The Morgan fingerprint density at radius 3 is 1.31 bits per heavy atom. The van der Waals surface area contributed by atoms with Gasteiger partial charge in [-0.1, -0.05) is 149 Å². The van der Waals surface area contributed by atoms with E-state index in [1.54, 1.807) is 0 Å². The van der Waals surface area contributed by atoms with Gasteiger partial charge in [-0.25, -0.2) is 0 Å². The summed E-state index contributed by atoms with van der Waals surface area (Å²) in [5.74, 6) is 0.183. The molecular weight excluding hydrogens is 851 g/mol. The Morgan fingerprint density at radius 2 is 0.829 bits per heavy atom. The molecule has 6 unspecified atom stereocenters. The average Bonchev–Trinajstić information content (AvgIpc) is 3.95. The molecule has 9 aromatic carbocycles. The lowest BCUT2D eigenvalue weighted by Gasteiger charge is -2.64. The molecule has 8 aliphatic rings. The molecule has 11 aromatic rings. The number of hydrogen-bond donors (Lipinski definition) is 0. The minimum absolute atomic E-state index is 0.0798. The Balaban J connectivity index is 1.01. The van der Waals surface area contributed by atoms with Crippen molar-refractivity contribution in [1.82, 2.24) is 4.40 Å². The highest BCUT2D eigenvalue weighted by Gasteiger charge is 2.71. The lowest BCUT2D eigenvalue weighted by Crippen LogP contribution is -2.61. The predicted octanol–water partition coefficient (Wildman–Crippen LogP) is 14.7. The van der Waals surface area contributed by atoms with Crippen LogP contribution in [0.3, 0.4) is 0 Å². The number of benzene rings is 9. The van der Waals surface area contributed by atoms with Gasteiger partial charge in [-0.05, 0) is 137 Å². The summed E-state index contributed by atoms with van der Waals surface area (Å²) in [4.78, 5) is 31.3. The third-order valence-corrected chi connectivity index (χ3v) is 20.6. The van der Waals surface area contributed by atoms with E-state index >= 15 is 9.59 Å². The van der Waals surface area contributed by atoms with E-state index in [2.05, 4.69) is 185 Å². The highest BCUT2D eigenvalue weighted by molar-refractivity contribution is 6.31. The van der Waals surface area contributed by atoms with Gasteiger partial charge in [0.15, 0.2) is 11.6 Å². The molecular formula is C67H43NO2. The first-order chi connectivity index (χ1) is 34.0. The zero-order chi connectivity index (χ0) is 46.2. The van der Waals surface area contributed by atoms with Crippen LogP contribution in [0.25, 0.3) is 60.0 Å². The first kappa shape index (κ1) is 36.4. The lowest BCUT2D eigenvalue weighted by atomic mass is 9.36. The Morgan fingerprint density at radius 1 is 0.400 bits per heavy atom. The van der Waals surface area contributed by atoms with Crippen LogP contribution in [0.2, 0.25) is 0 Å². The minimum atomic E-state index is -0.356. The van der Waals surface area contributed by atoms with Crippen LogP contribution in [0.5, 0.6) is 0 Å². The average molecular weight is 894 g/mol. The van der Waals surface area contributed by atoms with Gasteiger partial charge < -0.3 is 4.40 Å². The Kier molecular flexibility index (Phi) is 5.50. The third-order valence-electron chi connectivity index (χ3n) is 20.6. The number of aromatic nitrogens is 1. The molecule has 2 heterocycles. The number of carbonyl (C=O) groups excluding carboxylic acids is 2. The number of ketones is 2. The number of carbonyl (C=O) groups is 2. The van der Waals surface area contributed by atoms with Gasteiger partial charge in [-0.2, -0.15) is 0 Å². The Labute approximate surface area is 403 Å². The second-order valence-corrected chi connectivity index (χ2v) is 23.6. The maximum Gasteiger partial charge on any atom is 0.171 e. The fraction of sp³-hybridized carbons (Fsp3) is 0.194. The van der Waals surface area contributed by atoms with Crippen molar-refractivity contribution in [2.24, 2.45) is 0 Å². The molecule has 3 heteroatoms. The number of rotatable bonds is 0. The van der Waals surface area contributed by atoms with Crippen LogP contribution in [-0.4, -0.2) is 16.0 Å². The maximum atomic E-state index is 15.6. The molecule has 0 radical (unpaired) electrons. The summed E-state index contributed by atoms with van der Waals surface area (Å²) in [6, 6.07) is 54.4. The van der Waals surface area contributed by atoms with Gasteiger partial charge in [-0.3, -0.25) is 9.59 Å². The van der Waals surface area contributed by atoms with E-state index in [9.17, 15) is 0 Å². The smallest absolute Gasteiger partial charge is 0.171 e. The second-order valence-electron chi connectivity index (χ2n) is 23.6. The molecule has 2 aromatic heterocycles. The fourth-order valence-corrected chi connectivity index (χ4v) is 18.3. The molecule has 0 N–H and O–H groups in total. The van der Waals surface area contributed by atoms with Crippen molar-refractivity contribution in [2.75, 3.05) is 0 Å². The first-order valence-corrected chi connectivity index (χ1v) is 25.5. The highest BCUT2D eigenvalue weighted by Crippen LogP contribution is 2.76. The molecule has 0 bridgehead atoms. The van der Waals surface area contributed by atoms with E-state index in [4.69, 9.17) is 0 Å². The second kappa shape index (κ2) is 10.6. The topological polar surface area (TPSA) is 38.5 Å². The van der Waals surface area contributed by atoms with Crippen LogP contribution in [-0.2, 0) is 21.7 Å². The van der Waals surface area contributed by atoms with Gasteiger partial charge in [0.2, 0.25) is 0 Å². The predicted molar refractivity (Wildman–Crippen MR) is 278 cm³/mol. The number of nitrogens with zero attached hydrogens (tertiary/aromatic N) is 1. The SMILES string of the molecule is Cc1cc2c3c4c(cccc14)C(C)(C)c1c-3c(c3c4cc5c(cc4n4c6cc7c(cc6c1c34)C1c3ccccc3C13c1ccccc1C3C7=O)C(=O)C1c3ccccc3C13c1ccccc1C53)C2(C)C. The minimum Gasteiger partial charge on any atom is -0.308 e. The number of fused-ring (bicyclic) bond motifs is 20. The van der Waals surface area contributed by atoms with E-state index in [1.165, 1.54) is 121 Å². The van der Waals surface area contributed by atoms with Crippen molar-refractivity contribution in [3.63, 3.8) is 0 Å². The van der Waals surface area contributed by atoms with Crippen LogP contribution in [0, 0.1) is 6.92 Å². The van der Waals surface area contributed by atoms with E-state index < -0.39 is 0 Å². The molecule has 0 fully saturated rings. The van der Waals surface area contributed by atoms with Crippen LogP contribution in [0.15, 0.2) is 146 Å². The summed E-state index contributed by atoms with van der Waals surface area (Å²) >= 11 is 0. The van der Waals surface area contributed by atoms with Gasteiger partial charge in [0.1, 0.15) is 0 Å². The summed E-state index contributed by atoms with van der Waals surface area (Å²) in [7, 11) is 0. The van der Waals surface area contributed by atoms with E-state index in [-0.39, 0.29) is 56.9 Å². The molecule has 0 aliphatic heterocycles. The zero-order valence-corrected chi connectivity index (χ0v) is 39.4. The Bertz CT molecular complexity index is 4570. The molecule has 3 nitrogen and oxygen atoms in total. The fourth-order valence-electron chi connectivity index (χ4n) is 18.3. The van der Waals surface area contributed by atoms with E-state index in [0.717, 1.165) is 33.3 Å². The van der Waals surface area contributed by atoms with Crippen molar-refractivity contribution in [1.29, 1.82) is 0 Å². The van der Waals surface area contributed by atoms with Crippen LogP contribution >= 0.6 is 0 Å². The van der Waals surface area contributed by atoms with Gasteiger partial charge in [0.05, 0.1) is 28.4 Å². The van der Waals surface area contributed by atoms with Crippen LogP contribution in [0.4, 0.5) is 0 Å². The quantitative estimate of drug-likeness (QED) is 0.152. The van der Waals surface area contributed by atoms with Gasteiger partial charge in [0.25, 0.3) is 0 Å². The zero-order valence-electron chi connectivity index (χ0n) is 39.4. The van der Waals surface area contributed by atoms with Gasteiger partial charge >= 0.3 is 0 Å². The van der Waals surface area contributed by atoms with Gasteiger partial charge in [-0.15, -0.1) is 0 Å². The monoisotopic (exact) mass is 893 g/mol. The normalized spacial score (nSPS) is 25.9. The van der Waals surface area contributed by atoms with Crippen molar-refractivity contribution in [3.8, 4) is 11.1 Å². The molecule has 0 saturated heterocycles. The molecule has 0 amide bonds. The summed E-state index contributed by atoms with van der Waals surface area (Å²) in [5, 5.41) is 7.77. The van der Waals surface area contributed by atoms with E-state index in [1.807, 2.05) is 0 Å². The maximum absolute atomic E-state index is 15.6. The molecule has 8 aliphatic carbocycles. The molecule has 19 rings (SSSR count). The first-order valence-electron chi connectivity index (χ1n) is 25.5. The molecule has 2 spiro atoms. The molecule has 328 valence electrons. The number of hydrogen-bond acceptors (Lipinski definition) is 2. The summed E-state index contributed by atoms with van der Waals surface area (Å²) in [5.41, 5.74) is 26.0. The van der Waals surface area contributed by atoms with E-state index in [0.29, 0.717) is 0 Å². The van der Waals surface area contributed by atoms with Crippen molar-refractivity contribution in [3.05, 3.63) is 240 Å². The summed E-state index contributed by atoms with van der Waals surface area (Å²) in [6.07, 6.45) is 0. The third kappa shape index (κ3) is 3.19. The van der Waals surface area contributed by atoms with Gasteiger partial charge in [0, 0.05) is 66.2 Å². The molecule has 0 saturated carbocycles. The highest BCUT2D eigenvalue weighted by atomic mass is 16.1. The van der Waals surface area contributed by atoms with Crippen LogP contribution < -0.4 is 0 Å². The molecule has 6 atom stereocenters. The van der Waals surface area contributed by atoms with Crippen molar-refractivity contribution < 1.29 is 9.59 Å². The Hall–Kier alpha value is -7.62. The number of aryl methyl sites for hydroxylation is 1. The summed E-state index contributed by atoms with van der Waals surface area (Å²) in [6.45, 7) is 12.2. The van der Waals surface area contributed by atoms with Crippen LogP contribution in [0.1, 0.15) is 156 Å². The standard InChI is InChI=1S/C67H43NO2/c1-30-25-47-53-50-31(30)19-14-24-46(50)64(2,3)59-51-40-26-36-38(62(69)57-34-17-8-12-22-44(34)66(57)42-20-10-6-15-32(42)55(36)66)28-48(40)68-49-29-39-37(27-41(49)52(61(51)68)60(54(53)59)65(47,4)5)56-33-16-7-11-21-43(33)67(56)45-23-13-9-18-35(45)58(67)63(39)70/h6-29,55-58H,1-5H3. The number of Topliss-reactive ketones (excluding diaryl/α,β-unsaturated/α-hetero) is 2. The lowest BCUT2D eigenvalue weighted by molar-refractivity contribution is 0.0839. The van der Waals surface area contributed by atoms with Crippen molar-refractivity contribution >= 4 is 60.4 Å². The summed E-state index contributed by atoms with van der Waals surface area (Å²) < 4.78 is 2.53.